The van der Waals surface area contributed by atoms with E-state index in [0.717, 1.165) is 32.1 Å². The molecule has 0 fully saturated rings. The first-order valence-corrected chi connectivity index (χ1v) is 9.54. The Morgan fingerprint density at radius 1 is 0.731 bits per heavy atom. The van der Waals surface area contributed by atoms with Gasteiger partial charge in [-0.3, -0.25) is 0 Å². The van der Waals surface area contributed by atoms with Gasteiger partial charge in [-0.2, -0.15) is 0 Å². The molecular weight excluding hydrogens is 349 g/mol. The lowest BCUT2D eigenvalue weighted by molar-refractivity contribution is 0.365. The van der Waals surface area contributed by atoms with E-state index >= 15 is 0 Å². The standard InChI is InChI=1S/C20H30F5N/c1-5-8-14(7-3)10-9-13(4)12-26(11-6-2)20-18(24)16(22)15(21)17(23)19(20)25/h13-14H,5-12H2,1-4H3. The van der Waals surface area contributed by atoms with Crippen LogP contribution in [0.2, 0.25) is 0 Å². The predicted octanol–water partition coefficient (Wildman–Crippen LogP) is 6.84. The van der Waals surface area contributed by atoms with Crippen LogP contribution in [0.3, 0.4) is 0 Å². The van der Waals surface area contributed by atoms with E-state index in [1.807, 2.05) is 6.92 Å². The number of benzene rings is 1. The summed E-state index contributed by atoms with van der Waals surface area (Å²) in [5.74, 6) is -8.69. The van der Waals surface area contributed by atoms with Gasteiger partial charge in [-0.05, 0) is 24.7 Å². The molecule has 1 aromatic rings. The van der Waals surface area contributed by atoms with Gasteiger partial charge >= 0.3 is 0 Å². The van der Waals surface area contributed by atoms with Crippen molar-refractivity contribution >= 4 is 5.69 Å². The first-order chi connectivity index (χ1) is 12.3. The SMILES string of the molecule is CCCC(CC)CCC(C)CN(CCC)c1c(F)c(F)c(F)c(F)c1F. The van der Waals surface area contributed by atoms with Crippen molar-refractivity contribution in [2.24, 2.45) is 11.8 Å². The monoisotopic (exact) mass is 379 g/mol. The van der Waals surface area contributed by atoms with Crippen LogP contribution in [0, 0.1) is 40.9 Å². The molecule has 0 N–H and O–H groups in total. The van der Waals surface area contributed by atoms with E-state index in [9.17, 15) is 22.0 Å². The minimum Gasteiger partial charge on any atom is -0.366 e. The zero-order valence-corrected chi connectivity index (χ0v) is 16.1. The van der Waals surface area contributed by atoms with E-state index in [1.165, 1.54) is 4.90 Å². The highest BCUT2D eigenvalue weighted by Crippen LogP contribution is 2.31. The number of halogens is 5. The van der Waals surface area contributed by atoms with Gasteiger partial charge in [0.15, 0.2) is 23.3 Å². The van der Waals surface area contributed by atoms with Gasteiger partial charge in [0.05, 0.1) is 0 Å². The first kappa shape index (κ1) is 22.7. The summed E-state index contributed by atoms with van der Waals surface area (Å²) in [6.45, 7) is 8.52. The van der Waals surface area contributed by atoms with Crippen molar-refractivity contribution < 1.29 is 22.0 Å². The van der Waals surface area contributed by atoms with E-state index < -0.39 is 34.8 Å². The van der Waals surface area contributed by atoms with Crippen molar-refractivity contribution in [2.75, 3.05) is 18.0 Å². The van der Waals surface area contributed by atoms with Gasteiger partial charge in [0.25, 0.3) is 0 Å². The zero-order valence-electron chi connectivity index (χ0n) is 16.1. The molecule has 6 heteroatoms. The van der Waals surface area contributed by atoms with Crippen LogP contribution in [0.25, 0.3) is 0 Å². The minimum absolute atomic E-state index is 0.0856. The Labute approximate surface area is 153 Å². The summed E-state index contributed by atoms with van der Waals surface area (Å²) in [5, 5.41) is 0. The molecule has 0 aromatic heterocycles. The number of nitrogens with zero attached hydrogens (tertiary/aromatic N) is 1. The van der Waals surface area contributed by atoms with Crippen LogP contribution in [0.5, 0.6) is 0 Å². The summed E-state index contributed by atoms with van der Waals surface area (Å²) in [7, 11) is 0. The normalized spacial score (nSPS) is 13.7. The Kier molecular flexibility index (Phi) is 9.37. The summed E-state index contributed by atoms with van der Waals surface area (Å²) < 4.78 is 68.6. The van der Waals surface area contributed by atoms with Gasteiger partial charge in [0, 0.05) is 13.1 Å². The molecule has 0 spiro atoms. The average molecular weight is 379 g/mol. The molecule has 26 heavy (non-hydrogen) atoms. The van der Waals surface area contributed by atoms with Gasteiger partial charge in [0.2, 0.25) is 5.82 Å². The second kappa shape index (κ2) is 10.7. The van der Waals surface area contributed by atoms with E-state index in [4.69, 9.17) is 0 Å². The van der Waals surface area contributed by atoms with Crippen LogP contribution in [0.15, 0.2) is 0 Å². The molecule has 0 aliphatic heterocycles. The van der Waals surface area contributed by atoms with Gasteiger partial charge in [-0.1, -0.05) is 53.4 Å². The van der Waals surface area contributed by atoms with Crippen molar-refractivity contribution in [1.29, 1.82) is 0 Å². The summed E-state index contributed by atoms with van der Waals surface area (Å²) >= 11 is 0. The first-order valence-electron chi connectivity index (χ1n) is 9.54. The van der Waals surface area contributed by atoms with Gasteiger partial charge in [0.1, 0.15) is 5.69 Å². The molecule has 2 atom stereocenters. The predicted molar refractivity (Wildman–Crippen MR) is 95.8 cm³/mol. The molecule has 0 heterocycles. The molecule has 0 saturated carbocycles. The lowest BCUT2D eigenvalue weighted by atomic mass is 9.91. The van der Waals surface area contributed by atoms with Crippen molar-refractivity contribution in [3.63, 3.8) is 0 Å². The highest BCUT2D eigenvalue weighted by Gasteiger charge is 2.29. The second-order valence-corrected chi connectivity index (χ2v) is 7.11. The third-order valence-corrected chi connectivity index (χ3v) is 4.87. The highest BCUT2D eigenvalue weighted by molar-refractivity contribution is 5.50. The van der Waals surface area contributed by atoms with E-state index in [2.05, 4.69) is 13.8 Å². The lowest BCUT2D eigenvalue weighted by Gasteiger charge is -2.29. The van der Waals surface area contributed by atoms with Crippen LogP contribution < -0.4 is 4.90 Å². The van der Waals surface area contributed by atoms with Crippen molar-refractivity contribution in [3.05, 3.63) is 29.1 Å². The Morgan fingerprint density at radius 3 is 1.73 bits per heavy atom. The molecule has 0 radical (unpaired) electrons. The number of hydrogen-bond acceptors (Lipinski definition) is 1. The van der Waals surface area contributed by atoms with Crippen molar-refractivity contribution in [1.82, 2.24) is 0 Å². The van der Waals surface area contributed by atoms with E-state index in [-0.39, 0.29) is 19.0 Å². The number of rotatable bonds is 11. The largest absolute Gasteiger partial charge is 0.366 e. The smallest absolute Gasteiger partial charge is 0.200 e. The average Bonchev–Trinajstić information content (AvgIpc) is 2.62. The topological polar surface area (TPSA) is 3.24 Å². The Hall–Kier alpha value is -1.33. The van der Waals surface area contributed by atoms with E-state index in [1.54, 1.807) is 6.92 Å². The van der Waals surface area contributed by atoms with Crippen molar-refractivity contribution in [2.45, 2.75) is 66.2 Å². The van der Waals surface area contributed by atoms with E-state index in [0.29, 0.717) is 12.3 Å². The van der Waals surface area contributed by atoms with Gasteiger partial charge in [-0.25, -0.2) is 22.0 Å². The molecule has 1 aromatic carbocycles. The molecule has 2 unspecified atom stereocenters. The van der Waals surface area contributed by atoms with Crippen molar-refractivity contribution in [3.8, 4) is 0 Å². The molecule has 0 bridgehead atoms. The fourth-order valence-electron chi connectivity index (χ4n) is 3.38. The summed E-state index contributed by atoms with van der Waals surface area (Å²) in [6.07, 6.45) is 5.73. The third kappa shape index (κ3) is 5.58. The maximum absolute atomic E-state index is 14.1. The van der Waals surface area contributed by atoms with Crippen LogP contribution in [0.1, 0.15) is 66.2 Å². The molecule has 0 aliphatic carbocycles. The highest BCUT2D eigenvalue weighted by atomic mass is 19.2. The van der Waals surface area contributed by atoms with Crippen LogP contribution >= 0.6 is 0 Å². The summed E-state index contributed by atoms with van der Waals surface area (Å²) in [5.41, 5.74) is -0.810. The molecule has 0 aliphatic rings. The fraction of sp³-hybridized carbons (Fsp3) is 0.700. The fourth-order valence-corrected chi connectivity index (χ4v) is 3.38. The molecule has 1 nitrogen and oxygen atoms in total. The van der Waals surface area contributed by atoms with Crippen LogP contribution in [-0.4, -0.2) is 13.1 Å². The number of hydrogen-bond donors (Lipinski definition) is 0. The van der Waals surface area contributed by atoms with Gasteiger partial charge in [-0.15, -0.1) is 0 Å². The van der Waals surface area contributed by atoms with Gasteiger partial charge < -0.3 is 4.90 Å². The Bertz CT molecular complexity index is 547. The van der Waals surface area contributed by atoms with Crippen LogP contribution in [0.4, 0.5) is 27.6 Å². The third-order valence-electron chi connectivity index (χ3n) is 4.87. The Morgan fingerprint density at radius 2 is 1.27 bits per heavy atom. The maximum atomic E-state index is 14.1. The summed E-state index contributed by atoms with van der Waals surface area (Å²) in [6, 6.07) is 0. The quantitative estimate of drug-likeness (QED) is 0.231. The zero-order chi connectivity index (χ0) is 19.9. The maximum Gasteiger partial charge on any atom is 0.200 e. The Balaban J connectivity index is 2.96. The molecule has 1 rings (SSSR count). The lowest BCUT2D eigenvalue weighted by Crippen LogP contribution is -2.32. The molecule has 0 amide bonds. The molecule has 0 saturated heterocycles. The number of anilines is 1. The summed E-state index contributed by atoms with van der Waals surface area (Å²) in [4.78, 5) is 1.29. The molecule has 150 valence electrons. The minimum atomic E-state index is -2.11. The second-order valence-electron chi connectivity index (χ2n) is 7.11. The molecular formula is C20H30F5N. The van der Waals surface area contributed by atoms with Crippen LogP contribution in [-0.2, 0) is 0 Å².